The molecule has 0 atom stereocenters. The molecule has 3 aromatic rings. The summed E-state index contributed by atoms with van der Waals surface area (Å²) in [6.45, 7) is 0.410. The molecular formula is C16H13BrF2O2S. The van der Waals surface area contributed by atoms with E-state index in [0.29, 0.717) is 26.9 Å². The Kier molecular flexibility index (Phi) is 5.88. The molecule has 1 N–H and O–H groups in total. The van der Waals surface area contributed by atoms with E-state index >= 15 is 0 Å². The highest BCUT2D eigenvalue weighted by atomic mass is 79.9. The van der Waals surface area contributed by atoms with Crippen molar-refractivity contribution in [2.24, 2.45) is 0 Å². The third-order valence-electron chi connectivity index (χ3n) is 2.74. The van der Waals surface area contributed by atoms with Gasteiger partial charge >= 0.3 is 0 Å². The summed E-state index contributed by atoms with van der Waals surface area (Å²) in [5.41, 5.74) is 0. The van der Waals surface area contributed by atoms with E-state index in [1.165, 1.54) is 11.3 Å². The SMILES string of the molecule is COCc1cc2c(F)c(F)cc(Br)c2s1.Oc1ccccc1. The molecule has 0 aliphatic heterocycles. The van der Waals surface area contributed by atoms with Crippen LogP contribution in [0.5, 0.6) is 5.75 Å². The highest BCUT2D eigenvalue weighted by Gasteiger charge is 2.14. The molecule has 1 heterocycles. The van der Waals surface area contributed by atoms with Crippen molar-refractivity contribution in [1.29, 1.82) is 0 Å². The fourth-order valence-electron chi connectivity index (χ4n) is 1.79. The predicted molar refractivity (Wildman–Crippen MR) is 88.3 cm³/mol. The first-order chi connectivity index (χ1) is 10.5. The zero-order valence-corrected chi connectivity index (χ0v) is 14.0. The lowest BCUT2D eigenvalue weighted by Gasteiger charge is -1.96. The zero-order valence-electron chi connectivity index (χ0n) is 11.6. The van der Waals surface area contributed by atoms with Gasteiger partial charge in [-0.05, 0) is 40.2 Å². The minimum atomic E-state index is -0.837. The Hall–Kier alpha value is -1.50. The number of hydrogen-bond acceptors (Lipinski definition) is 3. The van der Waals surface area contributed by atoms with Crippen LogP contribution in [0.4, 0.5) is 8.78 Å². The summed E-state index contributed by atoms with van der Waals surface area (Å²) in [4.78, 5) is 0.873. The molecule has 0 spiro atoms. The Balaban J connectivity index is 0.000000211. The standard InChI is InChI=1S/C10H7BrF2OS.C6H6O/c1-14-4-5-2-6-9(13)8(12)3-7(11)10(6)15-5;7-6-4-2-1-3-5-6/h2-3H,4H2,1H3;1-5,7H. The van der Waals surface area contributed by atoms with Crippen molar-refractivity contribution in [1.82, 2.24) is 0 Å². The topological polar surface area (TPSA) is 29.5 Å². The summed E-state index contributed by atoms with van der Waals surface area (Å²) in [5, 5.41) is 8.94. The second-order valence-corrected chi connectivity index (χ2v) is 6.37. The second-order valence-electron chi connectivity index (χ2n) is 4.38. The van der Waals surface area contributed by atoms with Crippen LogP contribution in [0.1, 0.15) is 4.88 Å². The number of ether oxygens (including phenoxy) is 1. The summed E-state index contributed by atoms with van der Waals surface area (Å²) >= 11 is 4.60. The van der Waals surface area contributed by atoms with Crippen molar-refractivity contribution in [3.8, 4) is 5.75 Å². The minimum Gasteiger partial charge on any atom is -0.508 e. The van der Waals surface area contributed by atoms with E-state index in [4.69, 9.17) is 9.84 Å². The van der Waals surface area contributed by atoms with E-state index in [1.807, 2.05) is 6.07 Å². The maximum Gasteiger partial charge on any atom is 0.167 e. The average Bonchev–Trinajstić information content (AvgIpc) is 2.92. The van der Waals surface area contributed by atoms with Crippen LogP contribution < -0.4 is 0 Å². The number of para-hydroxylation sites is 1. The Morgan fingerprint density at radius 2 is 1.86 bits per heavy atom. The van der Waals surface area contributed by atoms with E-state index in [-0.39, 0.29) is 0 Å². The van der Waals surface area contributed by atoms with Crippen molar-refractivity contribution in [2.45, 2.75) is 6.61 Å². The molecule has 6 heteroatoms. The predicted octanol–water partition coefficient (Wildman–Crippen LogP) is 5.48. The van der Waals surface area contributed by atoms with E-state index in [2.05, 4.69) is 15.9 Å². The molecule has 116 valence electrons. The molecule has 0 bridgehead atoms. The smallest absolute Gasteiger partial charge is 0.167 e. The van der Waals surface area contributed by atoms with Gasteiger partial charge in [0.05, 0.1) is 11.3 Å². The van der Waals surface area contributed by atoms with Gasteiger partial charge in [0.1, 0.15) is 5.75 Å². The molecule has 0 aliphatic rings. The fourth-order valence-corrected chi connectivity index (χ4v) is 3.48. The first-order valence-corrected chi connectivity index (χ1v) is 7.92. The summed E-state index contributed by atoms with van der Waals surface area (Å²) < 4.78 is 32.7. The molecule has 0 unspecified atom stereocenters. The van der Waals surface area contributed by atoms with Gasteiger partial charge in [-0.1, -0.05) is 18.2 Å². The largest absolute Gasteiger partial charge is 0.508 e. The molecule has 0 fully saturated rings. The van der Waals surface area contributed by atoms with Crippen LogP contribution in [-0.2, 0) is 11.3 Å². The van der Waals surface area contributed by atoms with Gasteiger partial charge in [0.15, 0.2) is 11.6 Å². The fraction of sp³-hybridized carbons (Fsp3) is 0.125. The summed E-state index contributed by atoms with van der Waals surface area (Å²) in [6.07, 6.45) is 0. The first-order valence-electron chi connectivity index (χ1n) is 6.31. The normalized spacial score (nSPS) is 10.4. The Labute approximate surface area is 139 Å². The van der Waals surface area contributed by atoms with Gasteiger partial charge in [-0.2, -0.15) is 0 Å². The third-order valence-corrected chi connectivity index (χ3v) is 4.77. The lowest BCUT2D eigenvalue weighted by molar-refractivity contribution is 0.187. The van der Waals surface area contributed by atoms with Crippen LogP contribution in [0.25, 0.3) is 10.1 Å². The molecule has 2 nitrogen and oxygen atoms in total. The van der Waals surface area contributed by atoms with Crippen molar-refractivity contribution in [3.63, 3.8) is 0 Å². The highest BCUT2D eigenvalue weighted by molar-refractivity contribution is 9.10. The van der Waals surface area contributed by atoms with Gasteiger partial charge in [0.2, 0.25) is 0 Å². The molecule has 3 rings (SSSR count). The maximum absolute atomic E-state index is 13.4. The molecule has 0 amide bonds. The van der Waals surface area contributed by atoms with Gasteiger partial charge in [0.25, 0.3) is 0 Å². The lowest BCUT2D eigenvalue weighted by Crippen LogP contribution is -1.84. The number of phenolic OH excluding ortho intramolecular Hbond substituents is 1. The Morgan fingerprint density at radius 3 is 2.41 bits per heavy atom. The number of thiophene rings is 1. The molecule has 0 saturated heterocycles. The summed E-state index contributed by atoms with van der Waals surface area (Å²) in [6, 6.07) is 11.5. The number of hydrogen-bond donors (Lipinski definition) is 1. The maximum atomic E-state index is 13.4. The molecule has 22 heavy (non-hydrogen) atoms. The number of phenols is 1. The highest BCUT2D eigenvalue weighted by Crippen LogP contribution is 2.35. The van der Waals surface area contributed by atoms with Gasteiger partial charge in [-0.25, -0.2) is 8.78 Å². The average molecular weight is 387 g/mol. The van der Waals surface area contributed by atoms with E-state index < -0.39 is 11.6 Å². The number of benzene rings is 2. The van der Waals surface area contributed by atoms with E-state index in [9.17, 15) is 8.78 Å². The number of aromatic hydroxyl groups is 1. The van der Waals surface area contributed by atoms with E-state index in [0.717, 1.165) is 10.9 Å². The molecular weight excluding hydrogens is 374 g/mol. The van der Waals surface area contributed by atoms with Gasteiger partial charge < -0.3 is 9.84 Å². The Bertz CT molecular complexity index is 760. The monoisotopic (exact) mass is 386 g/mol. The van der Waals surface area contributed by atoms with Crippen molar-refractivity contribution in [2.75, 3.05) is 7.11 Å². The van der Waals surface area contributed by atoms with Crippen LogP contribution in [0, 0.1) is 11.6 Å². The van der Waals surface area contributed by atoms with Crippen molar-refractivity contribution < 1.29 is 18.6 Å². The van der Waals surface area contributed by atoms with Crippen molar-refractivity contribution in [3.05, 3.63) is 63.4 Å². The Morgan fingerprint density at radius 1 is 1.18 bits per heavy atom. The number of fused-ring (bicyclic) bond motifs is 1. The lowest BCUT2D eigenvalue weighted by atomic mass is 10.2. The quantitative estimate of drug-likeness (QED) is 0.590. The minimum absolute atomic E-state index is 0.305. The van der Waals surface area contributed by atoms with Gasteiger partial charge in [-0.3, -0.25) is 0 Å². The summed E-state index contributed by atoms with van der Waals surface area (Å²) in [5.74, 6) is -1.31. The van der Waals surface area contributed by atoms with Crippen LogP contribution in [0.15, 0.2) is 46.9 Å². The van der Waals surface area contributed by atoms with E-state index in [1.54, 1.807) is 37.4 Å². The molecule has 2 aromatic carbocycles. The van der Waals surface area contributed by atoms with Crippen LogP contribution in [0.3, 0.4) is 0 Å². The molecule has 0 aliphatic carbocycles. The third kappa shape index (κ3) is 4.03. The summed E-state index contributed by atoms with van der Waals surface area (Å²) in [7, 11) is 1.57. The molecule has 0 saturated carbocycles. The van der Waals surface area contributed by atoms with Gasteiger partial charge in [-0.15, -0.1) is 11.3 Å². The molecule has 1 aromatic heterocycles. The zero-order chi connectivity index (χ0) is 16.1. The van der Waals surface area contributed by atoms with Crippen LogP contribution in [0.2, 0.25) is 0 Å². The van der Waals surface area contributed by atoms with Crippen LogP contribution in [-0.4, -0.2) is 12.2 Å². The van der Waals surface area contributed by atoms with Crippen LogP contribution >= 0.6 is 27.3 Å². The number of halogens is 3. The van der Waals surface area contributed by atoms with Crippen molar-refractivity contribution >= 4 is 37.4 Å². The number of methoxy groups -OCH3 is 1. The van der Waals surface area contributed by atoms with Gasteiger partial charge in [0, 0.05) is 21.8 Å². The first kappa shape index (κ1) is 16.9. The second kappa shape index (κ2) is 7.67. The number of rotatable bonds is 2. The molecule has 0 radical (unpaired) electrons.